The number of esters is 1. The molecule has 7 heteroatoms. The van der Waals surface area contributed by atoms with Crippen molar-refractivity contribution in [2.24, 2.45) is 0 Å². The summed E-state index contributed by atoms with van der Waals surface area (Å²) in [5.74, 6) is -0.799. The zero-order valence-electron chi connectivity index (χ0n) is 15.1. The highest BCUT2D eigenvalue weighted by Gasteiger charge is 2.22. The third kappa shape index (κ3) is 4.65. The SMILES string of the molecule is CCOC(=O)c1sc(NC(=O)c2cccc(SC(C)C)c2)c(C#N)c1C. The lowest BCUT2D eigenvalue weighted by Crippen LogP contribution is -2.11. The van der Waals surface area contributed by atoms with Gasteiger partial charge in [0.25, 0.3) is 5.91 Å². The molecule has 0 bridgehead atoms. The standard InChI is InChI=1S/C19H20N2O3S2/c1-5-24-19(23)16-12(4)15(10-20)18(26-16)21-17(22)13-7-6-8-14(9-13)25-11(2)3/h6-9,11H,5H2,1-4H3,(H,21,22). The molecule has 1 aromatic carbocycles. The lowest BCUT2D eigenvalue weighted by Gasteiger charge is -2.07. The summed E-state index contributed by atoms with van der Waals surface area (Å²) in [6.07, 6.45) is 0. The Kier molecular flexibility index (Phi) is 6.83. The van der Waals surface area contributed by atoms with Gasteiger partial charge in [-0.3, -0.25) is 4.79 Å². The third-order valence-corrected chi connectivity index (χ3v) is 5.60. The second kappa shape index (κ2) is 8.88. The summed E-state index contributed by atoms with van der Waals surface area (Å²) in [4.78, 5) is 25.9. The summed E-state index contributed by atoms with van der Waals surface area (Å²) >= 11 is 2.73. The molecule has 0 atom stereocenters. The number of amides is 1. The summed E-state index contributed by atoms with van der Waals surface area (Å²) in [5.41, 5.74) is 1.32. The molecule has 1 heterocycles. The van der Waals surface area contributed by atoms with Gasteiger partial charge in [0.1, 0.15) is 15.9 Å². The van der Waals surface area contributed by atoms with Gasteiger partial charge >= 0.3 is 5.97 Å². The summed E-state index contributed by atoms with van der Waals surface area (Å²) in [6, 6.07) is 9.38. The highest BCUT2D eigenvalue weighted by Crippen LogP contribution is 2.33. The number of benzene rings is 1. The van der Waals surface area contributed by atoms with Crippen molar-refractivity contribution in [3.8, 4) is 6.07 Å². The molecule has 0 unspecified atom stereocenters. The molecule has 0 radical (unpaired) electrons. The van der Waals surface area contributed by atoms with Crippen molar-refractivity contribution >= 4 is 40.0 Å². The largest absolute Gasteiger partial charge is 0.462 e. The van der Waals surface area contributed by atoms with Crippen LogP contribution >= 0.6 is 23.1 Å². The van der Waals surface area contributed by atoms with Gasteiger partial charge in [-0.05, 0) is 37.6 Å². The first-order valence-electron chi connectivity index (χ1n) is 8.16. The van der Waals surface area contributed by atoms with Crippen molar-refractivity contribution in [1.29, 1.82) is 5.26 Å². The van der Waals surface area contributed by atoms with Crippen molar-refractivity contribution in [2.45, 2.75) is 37.8 Å². The van der Waals surface area contributed by atoms with Gasteiger partial charge in [0.2, 0.25) is 0 Å². The van der Waals surface area contributed by atoms with Crippen LogP contribution in [0.3, 0.4) is 0 Å². The first-order chi connectivity index (χ1) is 12.4. The van der Waals surface area contributed by atoms with Crippen LogP contribution in [0.15, 0.2) is 29.2 Å². The van der Waals surface area contributed by atoms with E-state index >= 15 is 0 Å². The van der Waals surface area contributed by atoms with Gasteiger partial charge in [-0.15, -0.1) is 23.1 Å². The number of hydrogen-bond acceptors (Lipinski definition) is 6. The van der Waals surface area contributed by atoms with Crippen LogP contribution in [0.2, 0.25) is 0 Å². The molecule has 1 amide bonds. The van der Waals surface area contributed by atoms with E-state index in [1.54, 1.807) is 31.7 Å². The van der Waals surface area contributed by atoms with E-state index in [0.717, 1.165) is 16.2 Å². The van der Waals surface area contributed by atoms with Crippen molar-refractivity contribution in [3.05, 3.63) is 45.8 Å². The van der Waals surface area contributed by atoms with E-state index in [9.17, 15) is 14.9 Å². The molecule has 0 spiro atoms. The number of carbonyl (C=O) groups excluding carboxylic acids is 2. The highest BCUT2D eigenvalue weighted by atomic mass is 32.2. The van der Waals surface area contributed by atoms with E-state index in [4.69, 9.17) is 4.74 Å². The number of anilines is 1. The first-order valence-corrected chi connectivity index (χ1v) is 9.85. The van der Waals surface area contributed by atoms with Crippen LogP contribution in [-0.2, 0) is 4.74 Å². The molecule has 26 heavy (non-hydrogen) atoms. The van der Waals surface area contributed by atoms with Crippen LogP contribution in [0.25, 0.3) is 0 Å². The van der Waals surface area contributed by atoms with Gasteiger partial charge in [0.05, 0.1) is 12.2 Å². The summed E-state index contributed by atoms with van der Waals surface area (Å²) < 4.78 is 5.01. The molecular weight excluding hydrogens is 368 g/mol. The van der Waals surface area contributed by atoms with Gasteiger partial charge in [-0.25, -0.2) is 4.79 Å². The van der Waals surface area contributed by atoms with Gasteiger partial charge in [-0.1, -0.05) is 19.9 Å². The molecule has 2 rings (SSSR count). The second-order valence-corrected chi connectivity index (χ2v) is 8.41. The smallest absolute Gasteiger partial charge is 0.348 e. The molecule has 0 aliphatic carbocycles. The lowest BCUT2D eigenvalue weighted by atomic mass is 10.1. The van der Waals surface area contributed by atoms with Crippen molar-refractivity contribution < 1.29 is 14.3 Å². The fourth-order valence-corrected chi connectivity index (χ4v) is 4.23. The summed E-state index contributed by atoms with van der Waals surface area (Å²) in [7, 11) is 0. The van der Waals surface area contributed by atoms with Gasteiger partial charge in [0, 0.05) is 15.7 Å². The van der Waals surface area contributed by atoms with Gasteiger partial charge in [0.15, 0.2) is 0 Å². The topological polar surface area (TPSA) is 79.2 Å². The van der Waals surface area contributed by atoms with E-state index in [0.29, 0.717) is 31.8 Å². The number of thiophene rings is 1. The number of nitrogens with one attached hydrogen (secondary N) is 1. The number of ether oxygens (including phenoxy) is 1. The number of rotatable bonds is 6. The Morgan fingerprint density at radius 1 is 1.38 bits per heavy atom. The van der Waals surface area contributed by atoms with Crippen LogP contribution in [0.4, 0.5) is 5.00 Å². The predicted molar refractivity (Wildman–Crippen MR) is 105 cm³/mol. The van der Waals surface area contributed by atoms with Crippen LogP contribution < -0.4 is 5.32 Å². The Bertz CT molecular complexity index is 866. The molecule has 2 aromatic rings. The molecule has 136 valence electrons. The molecule has 0 saturated heterocycles. The zero-order valence-corrected chi connectivity index (χ0v) is 16.7. The average molecular weight is 389 g/mol. The molecule has 1 N–H and O–H groups in total. The Morgan fingerprint density at radius 2 is 2.12 bits per heavy atom. The Morgan fingerprint density at radius 3 is 2.73 bits per heavy atom. The average Bonchev–Trinajstić information content (AvgIpc) is 2.90. The fourth-order valence-electron chi connectivity index (χ4n) is 2.29. The lowest BCUT2D eigenvalue weighted by molar-refractivity contribution is 0.0531. The molecule has 1 aromatic heterocycles. The van der Waals surface area contributed by atoms with Crippen molar-refractivity contribution in [3.63, 3.8) is 0 Å². The second-order valence-electron chi connectivity index (χ2n) is 5.74. The van der Waals surface area contributed by atoms with E-state index in [-0.39, 0.29) is 12.5 Å². The first kappa shape index (κ1) is 20.0. The monoisotopic (exact) mass is 388 g/mol. The molecule has 0 fully saturated rings. The number of carbonyl (C=O) groups is 2. The minimum absolute atomic E-state index is 0.250. The normalized spacial score (nSPS) is 10.5. The molecule has 5 nitrogen and oxygen atoms in total. The number of nitriles is 1. The maximum atomic E-state index is 12.6. The van der Waals surface area contributed by atoms with E-state index in [1.165, 1.54) is 0 Å². The van der Waals surface area contributed by atoms with E-state index in [1.807, 2.05) is 18.2 Å². The quantitative estimate of drug-likeness (QED) is 0.565. The molecule has 0 saturated carbocycles. The Labute approximate surface area is 161 Å². The minimum atomic E-state index is -0.484. The van der Waals surface area contributed by atoms with Crippen LogP contribution in [0, 0.1) is 18.3 Å². The maximum Gasteiger partial charge on any atom is 0.348 e. The van der Waals surface area contributed by atoms with Gasteiger partial charge in [-0.2, -0.15) is 5.26 Å². The fraction of sp³-hybridized carbons (Fsp3) is 0.316. The van der Waals surface area contributed by atoms with Crippen LogP contribution in [0.5, 0.6) is 0 Å². The molecule has 0 aliphatic rings. The van der Waals surface area contributed by atoms with Crippen LogP contribution in [0.1, 0.15) is 51.9 Å². The molecular formula is C19H20N2O3S2. The summed E-state index contributed by atoms with van der Waals surface area (Å²) in [5, 5.41) is 12.9. The van der Waals surface area contributed by atoms with Crippen molar-refractivity contribution in [2.75, 3.05) is 11.9 Å². The Balaban J connectivity index is 2.28. The molecule has 0 aliphatic heterocycles. The van der Waals surface area contributed by atoms with Gasteiger partial charge < -0.3 is 10.1 Å². The summed E-state index contributed by atoms with van der Waals surface area (Å²) in [6.45, 7) is 7.82. The minimum Gasteiger partial charge on any atom is -0.462 e. The van der Waals surface area contributed by atoms with Crippen LogP contribution in [-0.4, -0.2) is 23.7 Å². The third-order valence-electron chi connectivity index (χ3n) is 3.41. The van der Waals surface area contributed by atoms with Crippen molar-refractivity contribution in [1.82, 2.24) is 0 Å². The highest BCUT2D eigenvalue weighted by molar-refractivity contribution is 7.99. The Hall–Kier alpha value is -2.30. The number of thioether (sulfide) groups is 1. The predicted octanol–water partition coefficient (Wildman–Crippen LogP) is 4.86. The van der Waals surface area contributed by atoms with E-state index < -0.39 is 5.97 Å². The zero-order chi connectivity index (χ0) is 19.3. The number of hydrogen-bond donors (Lipinski definition) is 1. The van der Waals surface area contributed by atoms with E-state index in [2.05, 4.69) is 25.2 Å². The maximum absolute atomic E-state index is 12.6. The number of nitrogens with zero attached hydrogens (tertiary/aromatic N) is 1.